The first-order valence-corrected chi connectivity index (χ1v) is 4.02. The van der Waals surface area contributed by atoms with Gasteiger partial charge in [-0.05, 0) is 22.0 Å². The number of hydrogen-bond acceptors (Lipinski definition) is 3. The molecule has 1 unspecified atom stereocenters. The number of rotatable bonds is 3. The zero-order chi connectivity index (χ0) is 8.27. The summed E-state index contributed by atoms with van der Waals surface area (Å²) in [5, 5.41) is 0. The summed E-state index contributed by atoms with van der Waals surface area (Å²) in [6.07, 6.45) is 1.59. The fourth-order valence-electron chi connectivity index (χ4n) is 0.839. The molecule has 2 N–H and O–H groups in total. The third-order valence-corrected chi connectivity index (χ3v) is 2.04. The zero-order valence-corrected chi connectivity index (χ0v) is 7.80. The molecule has 0 aliphatic heterocycles. The van der Waals surface area contributed by atoms with Crippen LogP contribution in [0, 0.1) is 0 Å². The van der Waals surface area contributed by atoms with Crippen LogP contribution >= 0.6 is 15.9 Å². The maximum Gasteiger partial charge on any atom is 0.173 e. The van der Waals surface area contributed by atoms with Gasteiger partial charge in [-0.2, -0.15) is 0 Å². The van der Waals surface area contributed by atoms with E-state index in [1.54, 1.807) is 13.4 Å². The average Bonchev–Trinajstić information content (AvgIpc) is 2.36. The number of nitrogens with two attached hydrogens (primary N) is 1. The Balaban J connectivity index is 2.67. The smallest absolute Gasteiger partial charge is 0.173 e. The van der Waals surface area contributed by atoms with Crippen LogP contribution in [0.25, 0.3) is 0 Å². The lowest BCUT2D eigenvalue weighted by molar-refractivity contribution is 0.180. The first kappa shape index (κ1) is 8.77. The Labute approximate surface area is 73.6 Å². The minimum atomic E-state index is -0.117. The van der Waals surface area contributed by atoms with Crippen LogP contribution in [0.15, 0.2) is 21.4 Å². The molecular formula is C7H10BrNO2. The maximum atomic E-state index is 5.74. The largest absolute Gasteiger partial charge is 0.457 e. The Morgan fingerprint density at radius 2 is 2.55 bits per heavy atom. The molecular weight excluding hydrogens is 210 g/mol. The molecule has 0 aliphatic rings. The Kier molecular flexibility index (Phi) is 3.11. The van der Waals surface area contributed by atoms with Crippen LogP contribution in [0.2, 0.25) is 0 Å². The van der Waals surface area contributed by atoms with E-state index in [9.17, 15) is 0 Å². The van der Waals surface area contributed by atoms with Gasteiger partial charge in [0.25, 0.3) is 0 Å². The monoisotopic (exact) mass is 219 g/mol. The fourth-order valence-corrected chi connectivity index (χ4v) is 1.37. The van der Waals surface area contributed by atoms with Gasteiger partial charge in [0.15, 0.2) is 4.67 Å². The van der Waals surface area contributed by atoms with Gasteiger partial charge in [0.2, 0.25) is 0 Å². The number of halogens is 1. The molecule has 0 amide bonds. The lowest BCUT2D eigenvalue weighted by atomic mass is 10.2. The molecule has 0 aliphatic carbocycles. The molecule has 0 radical (unpaired) electrons. The van der Waals surface area contributed by atoms with Gasteiger partial charge in [0.1, 0.15) is 0 Å². The average molecular weight is 220 g/mol. The van der Waals surface area contributed by atoms with Crippen molar-refractivity contribution in [1.29, 1.82) is 0 Å². The van der Waals surface area contributed by atoms with Gasteiger partial charge in [0.05, 0.1) is 18.9 Å². The first-order chi connectivity index (χ1) is 5.25. The normalized spacial score (nSPS) is 13.4. The van der Waals surface area contributed by atoms with Crippen LogP contribution in [0.3, 0.4) is 0 Å². The van der Waals surface area contributed by atoms with Crippen molar-refractivity contribution in [3.63, 3.8) is 0 Å². The molecule has 0 saturated heterocycles. The van der Waals surface area contributed by atoms with E-state index in [1.807, 2.05) is 6.07 Å². The van der Waals surface area contributed by atoms with Crippen LogP contribution in [-0.4, -0.2) is 13.7 Å². The molecule has 3 nitrogen and oxygen atoms in total. The van der Waals surface area contributed by atoms with Crippen molar-refractivity contribution in [1.82, 2.24) is 0 Å². The second kappa shape index (κ2) is 3.90. The number of methoxy groups -OCH3 is 1. The lowest BCUT2D eigenvalue weighted by Crippen LogP contribution is -2.15. The highest BCUT2D eigenvalue weighted by molar-refractivity contribution is 9.10. The van der Waals surface area contributed by atoms with Gasteiger partial charge >= 0.3 is 0 Å². The quantitative estimate of drug-likeness (QED) is 0.842. The zero-order valence-electron chi connectivity index (χ0n) is 6.21. The van der Waals surface area contributed by atoms with E-state index in [2.05, 4.69) is 15.9 Å². The molecule has 1 rings (SSSR count). The maximum absolute atomic E-state index is 5.74. The summed E-state index contributed by atoms with van der Waals surface area (Å²) in [5.41, 5.74) is 6.67. The van der Waals surface area contributed by atoms with Gasteiger partial charge < -0.3 is 14.9 Å². The van der Waals surface area contributed by atoms with E-state index in [4.69, 9.17) is 14.9 Å². The predicted molar refractivity (Wildman–Crippen MR) is 45.2 cm³/mol. The highest BCUT2D eigenvalue weighted by atomic mass is 79.9. The summed E-state index contributed by atoms with van der Waals surface area (Å²) in [7, 11) is 1.62. The summed E-state index contributed by atoms with van der Waals surface area (Å²) in [4.78, 5) is 0. The van der Waals surface area contributed by atoms with Crippen molar-refractivity contribution in [3.05, 3.63) is 22.6 Å². The molecule has 0 aromatic carbocycles. The Morgan fingerprint density at radius 1 is 1.82 bits per heavy atom. The van der Waals surface area contributed by atoms with Crippen LogP contribution in [0.5, 0.6) is 0 Å². The molecule has 0 saturated carbocycles. The summed E-state index contributed by atoms with van der Waals surface area (Å²) in [6, 6.07) is 1.71. The van der Waals surface area contributed by atoms with Gasteiger partial charge in [-0.1, -0.05) is 0 Å². The molecule has 1 aromatic heterocycles. The van der Waals surface area contributed by atoms with Crippen molar-refractivity contribution >= 4 is 15.9 Å². The lowest BCUT2D eigenvalue weighted by Gasteiger charge is -2.07. The minimum Gasteiger partial charge on any atom is -0.457 e. The van der Waals surface area contributed by atoms with E-state index in [1.165, 1.54) is 0 Å². The standard InChI is InChI=1S/C7H10BrNO2/c1-10-4-6(9)5-2-3-11-7(5)8/h2-3,6H,4,9H2,1H3. The fraction of sp³-hybridized carbons (Fsp3) is 0.429. The van der Waals surface area contributed by atoms with E-state index in [0.29, 0.717) is 11.3 Å². The summed E-state index contributed by atoms with van der Waals surface area (Å²) in [6.45, 7) is 0.498. The van der Waals surface area contributed by atoms with Gasteiger partial charge in [-0.3, -0.25) is 0 Å². The number of ether oxygens (including phenoxy) is 1. The highest BCUT2D eigenvalue weighted by Gasteiger charge is 2.11. The summed E-state index contributed by atoms with van der Waals surface area (Å²) in [5.74, 6) is 0. The van der Waals surface area contributed by atoms with Crippen LogP contribution in [-0.2, 0) is 4.74 Å². The van der Waals surface area contributed by atoms with E-state index in [-0.39, 0.29) is 6.04 Å². The molecule has 0 spiro atoms. The molecule has 11 heavy (non-hydrogen) atoms. The summed E-state index contributed by atoms with van der Waals surface area (Å²) < 4.78 is 10.6. The SMILES string of the molecule is COCC(N)c1ccoc1Br. The van der Waals surface area contributed by atoms with E-state index in [0.717, 1.165) is 5.56 Å². The van der Waals surface area contributed by atoms with Gasteiger partial charge in [0, 0.05) is 12.7 Å². The van der Waals surface area contributed by atoms with Crippen molar-refractivity contribution in [2.24, 2.45) is 5.73 Å². The van der Waals surface area contributed by atoms with Crippen molar-refractivity contribution in [3.8, 4) is 0 Å². The van der Waals surface area contributed by atoms with Crippen LogP contribution in [0.1, 0.15) is 11.6 Å². The molecule has 1 heterocycles. The minimum absolute atomic E-state index is 0.117. The van der Waals surface area contributed by atoms with Gasteiger partial charge in [-0.25, -0.2) is 0 Å². The third-order valence-electron chi connectivity index (χ3n) is 1.39. The van der Waals surface area contributed by atoms with Crippen molar-refractivity contribution < 1.29 is 9.15 Å². The molecule has 62 valence electrons. The third kappa shape index (κ3) is 2.05. The van der Waals surface area contributed by atoms with E-state index < -0.39 is 0 Å². The molecule has 4 heteroatoms. The van der Waals surface area contributed by atoms with Gasteiger partial charge in [-0.15, -0.1) is 0 Å². The van der Waals surface area contributed by atoms with Crippen molar-refractivity contribution in [2.45, 2.75) is 6.04 Å². The Hall–Kier alpha value is -0.320. The predicted octanol–water partition coefficient (Wildman–Crippen LogP) is 1.69. The topological polar surface area (TPSA) is 48.4 Å². The highest BCUT2D eigenvalue weighted by Crippen LogP contribution is 2.22. The Bertz CT molecular complexity index is 224. The summed E-state index contributed by atoms with van der Waals surface area (Å²) >= 11 is 3.23. The number of furan rings is 1. The number of hydrogen-bond donors (Lipinski definition) is 1. The second-order valence-electron chi connectivity index (χ2n) is 2.21. The van der Waals surface area contributed by atoms with Crippen molar-refractivity contribution in [2.75, 3.05) is 13.7 Å². The molecule has 1 atom stereocenters. The molecule has 1 aromatic rings. The van der Waals surface area contributed by atoms with E-state index >= 15 is 0 Å². The molecule has 0 fully saturated rings. The second-order valence-corrected chi connectivity index (χ2v) is 2.93. The van der Waals surface area contributed by atoms with Crippen LogP contribution in [0.4, 0.5) is 0 Å². The molecule has 0 bridgehead atoms. The van der Waals surface area contributed by atoms with Crippen LogP contribution < -0.4 is 5.73 Å². The first-order valence-electron chi connectivity index (χ1n) is 3.23. The Morgan fingerprint density at radius 3 is 3.00 bits per heavy atom.